The van der Waals surface area contributed by atoms with E-state index in [-0.39, 0.29) is 0 Å². The molecule has 4 heteroatoms. The molecule has 0 saturated heterocycles. The Balaban J connectivity index is 3.01. The van der Waals surface area contributed by atoms with Gasteiger partial charge in [0.1, 0.15) is 0 Å². The summed E-state index contributed by atoms with van der Waals surface area (Å²) in [6.45, 7) is 2.93. The van der Waals surface area contributed by atoms with Crippen LogP contribution in [0.3, 0.4) is 0 Å². The summed E-state index contributed by atoms with van der Waals surface area (Å²) in [5, 5.41) is 9.30. The Morgan fingerprint density at radius 2 is 2.33 bits per heavy atom. The Labute approximate surface area is 70.9 Å². The van der Waals surface area contributed by atoms with Gasteiger partial charge in [-0.2, -0.15) is 4.73 Å². The monoisotopic (exact) mass is 167 g/mol. The van der Waals surface area contributed by atoms with Crippen LogP contribution in [0.25, 0.3) is 0 Å². The van der Waals surface area contributed by atoms with Gasteiger partial charge in [-0.25, -0.2) is 0 Å². The standard InChI is InChI=1S/C8H13N3O/c1-7-2-3-8(10-5-4-9)11(12)6-7/h2-3,6,12H,4-5,9H2,1H3. The minimum atomic E-state index is 0.494. The van der Waals surface area contributed by atoms with Gasteiger partial charge < -0.3 is 10.9 Å². The van der Waals surface area contributed by atoms with Crippen LogP contribution in [-0.4, -0.2) is 23.0 Å². The summed E-state index contributed by atoms with van der Waals surface area (Å²) in [5.74, 6) is 0. The fourth-order valence-electron chi connectivity index (χ4n) is 0.889. The highest BCUT2D eigenvalue weighted by Crippen LogP contribution is 1.88. The highest BCUT2D eigenvalue weighted by molar-refractivity contribution is 5.05. The van der Waals surface area contributed by atoms with Crippen molar-refractivity contribution >= 4 is 0 Å². The average Bonchev–Trinajstić information content (AvgIpc) is 2.03. The number of nitrogens with two attached hydrogens (primary N) is 1. The van der Waals surface area contributed by atoms with Crippen LogP contribution in [0.1, 0.15) is 5.56 Å². The second-order valence-corrected chi connectivity index (χ2v) is 2.58. The zero-order valence-electron chi connectivity index (χ0n) is 7.07. The predicted octanol–water partition coefficient (Wildman–Crippen LogP) is -0.107. The number of aromatic nitrogens is 1. The number of hydrogen-bond donors (Lipinski definition) is 2. The van der Waals surface area contributed by atoms with Crippen molar-refractivity contribution in [2.45, 2.75) is 6.92 Å². The van der Waals surface area contributed by atoms with Crippen LogP contribution < -0.4 is 11.2 Å². The Bertz CT molecular complexity index is 316. The molecule has 0 aliphatic carbocycles. The predicted molar refractivity (Wildman–Crippen MR) is 45.8 cm³/mol. The normalized spacial score (nSPS) is 12.0. The van der Waals surface area contributed by atoms with E-state index in [1.54, 1.807) is 12.3 Å². The summed E-state index contributed by atoms with van der Waals surface area (Å²) in [5.41, 5.74) is 6.80. The van der Waals surface area contributed by atoms with E-state index in [0.29, 0.717) is 18.6 Å². The maximum Gasteiger partial charge on any atom is 0.163 e. The Hall–Kier alpha value is -1.29. The fraction of sp³-hybridized carbons (Fsp3) is 0.375. The van der Waals surface area contributed by atoms with E-state index in [1.807, 2.05) is 13.0 Å². The van der Waals surface area contributed by atoms with Crippen LogP contribution in [0.2, 0.25) is 0 Å². The van der Waals surface area contributed by atoms with Crippen molar-refractivity contribution in [2.24, 2.45) is 10.7 Å². The van der Waals surface area contributed by atoms with Crippen molar-refractivity contribution in [1.29, 1.82) is 0 Å². The van der Waals surface area contributed by atoms with E-state index >= 15 is 0 Å². The van der Waals surface area contributed by atoms with Crippen molar-refractivity contribution in [3.63, 3.8) is 0 Å². The number of hydrogen-bond acceptors (Lipinski definition) is 3. The van der Waals surface area contributed by atoms with E-state index in [0.717, 1.165) is 10.3 Å². The fourth-order valence-corrected chi connectivity index (χ4v) is 0.889. The van der Waals surface area contributed by atoms with Crippen LogP contribution in [0, 0.1) is 6.92 Å². The molecule has 1 heterocycles. The third kappa shape index (κ3) is 2.10. The average molecular weight is 167 g/mol. The van der Waals surface area contributed by atoms with Gasteiger partial charge in [0.05, 0.1) is 6.54 Å². The molecule has 1 aromatic rings. The Morgan fingerprint density at radius 3 is 2.92 bits per heavy atom. The van der Waals surface area contributed by atoms with Crippen LogP contribution in [0.5, 0.6) is 0 Å². The summed E-state index contributed by atoms with van der Waals surface area (Å²) in [6, 6.07) is 3.65. The van der Waals surface area contributed by atoms with Crippen molar-refractivity contribution in [2.75, 3.05) is 13.1 Å². The van der Waals surface area contributed by atoms with Gasteiger partial charge in [0.25, 0.3) is 0 Å². The van der Waals surface area contributed by atoms with Crippen LogP contribution in [0.4, 0.5) is 0 Å². The summed E-state index contributed by atoms with van der Waals surface area (Å²) in [6.07, 6.45) is 1.61. The molecule has 3 N–H and O–H groups in total. The number of rotatable bonds is 2. The van der Waals surface area contributed by atoms with E-state index in [1.165, 1.54) is 0 Å². The minimum absolute atomic E-state index is 0.494. The molecule has 0 aliphatic rings. The summed E-state index contributed by atoms with van der Waals surface area (Å²) in [7, 11) is 0. The summed E-state index contributed by atoms with van der Waals surface area (Å²) >= 11 is 0. The molecular weight excluding hydrogens is 154 g/mol. The van der Waals surface area contributed by atoms with E-state index in [9.17, 15) is 5.21 Å². The lowest BCUT2D eigenvalue weighted by atomic mass is 10.3. The number of pyridine rings is 1. The van der Waals surface area contributed by atoms with Gasteiger partial charge >= 0.3 is 0 Å². The first-order valence-corrected chi connectivity index (χ1v) is 3.83. The quantitative estimate of drug-likeness (QED) is 0.604. The smallest absolute Gasteiger partial charge is 0.163 e. The van der Waals surface area contributed by atoms with Gasteiger partial charge in [0, 0.05) is 12.7 Å². The van der Waals surface area contributed by atoms with Gasteiger partial charge in [-0.05, 0) is 18.6 Å². The van der Waals surface area contributed by atoms with Gasteiger partial charge in [0.15, 0.2) is 5.49 Å². The molecule has 0 bridgehead atoms. The van der Waals surface area contributed by atoms with Crippen molar-refractivity contribution in [1.82, 2.24) is 4.73 Å². The maximum atomic E-state index is 9.30. The highest BCUT2D eigenvalue weighted by atomic mass is 16.5. The third-order valence-electron chi connectivity index (χ3n) is 1.46. The lowest BCUT2D eigenvalue weighted by molar-refractivity contribution is 0.171. The Kier molecular flexibility index (Phi) is 2.88. The molecule has 0 amide bonds. The number of aryl methyl sites for hydroxylation is 1. The van der Waals surface area contributed by atoms with E-state index in [2.05, 4.69) is 4.99 Å². The molecule has 0 aliphatic heterocycles. The molecule has 0 spiro atoms. The largest absolute Gasteiger partial charge is 0.427 e. The minimum Gasteiger partial charge on any atom is -0.427 e. The molecular formula is C8H13N3O. The second-order valence-electron chi connectivity index (χ2n) is 2.58. The summed E-state index contributed by atoms with van der Waals surface area (Å²) < 4.78 is 1.00. The molecule has 0 radical (unpaired) electrons. The van der Waals surface area contributed by atoms with Gasteiger partial charge in [-0.15, -0.1) is 0 Å². The highest BCUT2D eigenvalue weighted by Gasteiger charge is 1.89. The van der Waals surface area contributed by atoms with Crippen LogP contribution >= 0.6 is 0 Å². The van der Waals surface area contributed by atoms with Gasteiger partial charge in [-0.3, -0.25) is 4.99 Å². The zero-order chi connectivity index (χ0) is 8.97. The first kappa shape index (κ1) is 8.80. The lowest BCUT2D eigenvalue weighted by Crippen LogP contribution is -2.19. The first-order chi connectivity index (χ1) is 5.74. The number of nitrogens with zero attached hydrogens (tertiary/aromatic N) is 2. The molecule has 0 fully saturated rings. The summed E-state index contributed by atoms with van der Waals surface area (Å²) in [4.78, 5) is 4.05. The SMILES string of the molecule is Cc1ccc(=NCCN)n(O)c1. The zero-order valence-corrected chi connectivity index (χ0v) is 7.07. The molecule has 1 rings (SSSR count). The third-order valence-corrected chi connectivity index (χ3v) is 1.46. The first-order valence-electron chi connectivity index (χ1n) is 3.83. The van der Waals surface area contributed by atoms with Crippen molar-refractivity contribution in [3.8, 4) is 0 Å². The lowest BCUT2D eigenvalue weighted by Gasteiger charge is -1.98. The second kappa shape index (κ2) is 3.92. The molecule has 66 valence electrons. The molecule has 0 atom stereocenters. The van der Waals surface area contributed by atoms with E-state index < -0.39 is 0 Å². The molecule has 0 aromatic carbocycles. The Morgan fingerprint density at radius 1 is 1.58 bits per heavy atom. The molecule has 1 aromatic heterocycles. The van der Waals surface area contributed by atoms with E-state index in [4.69, 9.17) is 5.73 Å². The van der Waals surface area contributed by atoms with Crippen LogP contribution in [0.15, 0.2) is 23.3 Å². The van der Waals surface area contributed by atoms with Crippen molar-refractivity contribution < 1.29 is 5.21 Å². The molecule has 0 saturated carbocycles. The van der Waals surface area contributed by atoms with Crippen LogP contribution in [-0.2, 0) is 0 Å². The maximum absolute atomic E-state index is 9.30. The van der Waals surface area contributed by atoms with Gasteiger partial charge in [-0.1, -0.05) is 6.07 Å². The van der Waals surface area contributed by atoms with Gasteiger partial charge in [0.2, 0.25) is 0 Å². The molecule has 0 unspecified atom stereocenters. The molecule has 12 heavy (non-hydrogen) atoms. The topological polar surface area (TPSA) is 63.5 Å². The van der Waals surface area contributed by atoms with Crippen molar-refractivity contribution in [3.05, 3.63) is 29.4 Å². The molecule has 4 nitrogen and oxygen atoms in total.